The molecule has 0 saturated heterocycles. The molecule has 1 aromatic carbocycles. The van der Waals surface area contributed by atoms with Gasteiger partial charge in [0.25, 0.3) is 0 Å². The summed E-state index contributed by atoms with van der Waals surface area (Å²) in [5, 5.41) is 8.59. The Morgan fingerprint density at radius 3 is 2.39 bits per heavy atom. The van der Waals surface area contributed by atoms with Crippen LogP contribution < -0.4 is 0 Å². The Labute approximate surface area is 101 Å². The summed E-state index contributed by atoms with van der Waals surface area (Å²) in [6.45, 7) is 0. The first-order chi connectivity index (χ1) is 8.50. The summed E-state index contributed by atoms with van der Waals surface area (Å²) in [6.07, 6.45) is -2.98. The minimum Gasteiger partial charge on any atom is -0.245 e. The summed E-state index contributed by atoms with van der Waals surface area (Å²) in [5.74, 6) is 0. The van der Waals surface area contributed by atoms with E-state index in [2.05, 4.69) is 4.98 Å². The van der Waals surface area contributed by atoms with Crippen LogP contribution in [-0.2, 0) is 6.18 Å². The fourth-order valence-corrected chi connectivity index (χ4v) is 1.51. The molecular formula is C13H7F3N2. The SMILES string of the molecule is N#Cc1ccc(-c2cccc(C(F)(F)F)c2)cn1. The number of alkyl halides is 3. The van der Waals surface area contributed by atoms with Crippen molar-refractivity contribution in [1.29, 1.82) is 5.26 Å². The molecule has 0 aliphatic carbocycles. The van der Waals surface area contributed by atoms with Crippen molar-refractivity contribution in [1.82, 2.24) is 4.98 Å². The second-order valence-corrected chi connectivity index (χ2v) is 3.62. The van der Waals surface area contributed by atoms with Gasteiger partial charge in [-0.15, -0.1) is 0 Å². The highest BCUT2D eigenvalue weighted by molar-refractivity contribution is 5.63. The van der Waals surface area contributed by atoms with E-state index in [0.29, 0.717) is 11.1 Å². The zero-order valence-corrected chi connectivity index (χ0v) is 9.07. The minimum absolute atomic E-state index is 0.228. The molecule has 2 rings (SSSR count). The van der Waals surface area contributed by atoms with Gasteiger partial charge in [0.05, 0.1) is 5.56 Å². The van der Waals surface area contributed by atoms with Gasteiger partial charge in [0.2, 0.25) is 0 Å². The lowest BCUT2D eigenvalue weighted by molar-refractivity contribution is -0.137. The van der Waals surface area contributed by atoms with Crippen LogP contribution in [0, 0.1) is 11.3 Å². The molecule has 2 nitrogen and oxygen atoms in total. The monoisotopic (exact) mass is 248 g/mol. The van der Waals surface area contributed by atoms with E-state index in [4.69, 9.17) is 5.26 Å². The van der Waals surface area contributed by atoms with Gasteiger partial charge < -0.3 is 0 Å². The number of benzene rings is 1. The van der Waals surface area contributed by atoms with Gasteiger partial charge in [-0.05, 0) is 29.8 Å². The Bertz CT molecular complexity index is 595. The second-order valence-electron chi connectivity index (χ2n) is 3.62. The third-order valence-electron chi connectivity index (χ3n) is 2.40. The van der Waals surface area contributed by atoms with Crippen LogP contribution in [0.2, 0.25) is 0 Å². The molecule has 0 fully saturated rings. The van der Waals surface area contributed by atoms with Gasteiger partial charge in [0.15, 0.2) is 0 Å². The van der Waals surface area contributed by atoms with E-state index in [-0.39, 0.29) is 5.69 Å². The number of rotatable bonds is 1. The Hall–Kier alpha value is -2.35. The van der Waals surface area contributed by atoms with E-state index >= 15 is 0 Å². The van der Waals surface area contributed by atoms with Crippen LogP contribution in [0.25, 0.3) is 11.1 Å². The molecule has 0 amide bonds. The number of hydrogen-bond donors (Lipinski definition) is 0. The molecule has 0 bridgehead atoms. The van der Waals surface area contributed by atoms with Crippen molar-refractivity contribution < 1.29 is 13.2 Å². The molecule has 0 radical (unpaired) electrons. The molecule has 0 atom stereocenters. The fourth-order valence-electron chi connectivity index (χ4n) is 1.51. The first kappa shape index (κ1) is 12.1. The van der Waals surface area contributed by atoms with Crippen molar-refractivity contribution in [3.63, 3.8) is 0 Å². The van der Waals surface area contributed by atoms with Crippen molar-refractivity contribution in [2.24, 2.45) is 0 Å². The van der Waals surface area contributed by atoms with Crippen LogP contribution in [-0.4, -0.2) is 4.98 Å². The molecule has 0 unspecified atom stereocenters. The standard InChI is InChI=1S/C13H7F3N2/c14-13(15,16)11-3-1-2-9(6-11)10-4-5-12(7-17)18-8-10/h1-6,8H. The first-order valence-electron chi connectivity index (χ1n) is 5.04. The van der Waals surface area contributed by atoms with Crippen LogP contribution in [0.3, 0.4) is 0 Å². The zero-order valence-electron chi connectivity index (χ0n) is 9.07. The van der Waals surface area contributed by atoms with Crippen molar-refractivity contribution in [2.75, 3.05) is 0 Å². The highest BCUT2D eigenvalue weighted by Gasteiger charge is 2.30. The maximum Gasteiger partial charge on any atom is 0.416 e. The maximum absolute atomic E-state index is 12.5. The van der Waals surface area contributed by atoms with E-state index in [1.807, 2.05) is 6.07 Å². The highest BCUT2D eigenvalue weighted by Crippen LogP contribution is 2.31. The van der Waals surface area contributed by atoms with E-state index < -0.39 is 11.7 Å². The molecule has 0 N–H and O–H groups in total. The molecule has 1 heterocycles. The van der Waals surface area contributed by atoms with E-state index in [9.17, 15) is 13.2 Å². The second kappa shape index (κ2) is 4.49. The number of halogens is 3. The smallest absolute Gasteiger partial charge is 0.245 e. The predicted octanol–water partition coefficient (Wildman–Crippen LogP) is 3.64. The number of aromatic nitrogens is 1. The van der Waals surface area contributed by atoms with Crippen LogP contribution in [0.4, 0.5) is 13.2 Å². The summed E-state index contributed by atoms with van der Waals surface area (Å²) in [7, 11) is 0. The van der Waals surface area contributed by atoms with Crippen LogP contribution in [0.5, 0.6) is 0 Å². The van der Waals surface area contributed by atoms with Crippen molar-refractivity contribution >= 4 is 0 Å². The molecule has 0 saturated carbocycles. The fraction of sp³-hybridized carbons (Fsp3) is 0.0769. The molecular weight excluding hydrogens is 241 g/mol. The largest absolute Gasteiger partial charge is 0.416 e. The zero-order chi connectivity index (χ0) is 13.2. The highest BCUT2D eigenvalue weighted by atomic mass is 19.4. The summed E-state index contributed by atoms with van der Waals surface area (Å²) in [5.41, 5.74) is 0.483. The van der Waals surface area contributed by atoms with E-state index in [0.717, 1.165) is 12.1 Å². The van der Waals surface area contributed by atoms with Crippen molar-refractivity contribution in [3.8, 4) is 17.2 Å². The Balaban J connectivity index is 2.42. The number of nitrogens with zero attached hydrogens (tertiary/aromatic N) is 2. The molecule has 0 aliphatic heterocycles. The van der Waals surface area contributed by atoms with Gasteiger partial charge in [0.1, 0.15) is 11.8 Å². The summed E-state index contributed by atoms with van der Waals surface area (Å²) in [4.78, 5) is 3.82. The van der Waals surface area contributed by atoms with Crippen LogP contribution in [0.1, 0.15) is 11.3 Å². The Morgan fingerprint density at radius 2 is 1.83 bits per heavy atom. The summed E-state index contributed by atoms with van der Waals surface area (Å²) in [6, 6.07) is 9.87. The van der Waals surface area contributed by atoms with Gasteiger partial charge in [-0.1, -0.05) is 12.1 Å². The lowest BCUT2D eigenvalue weighted by Gasteiger charge is -2.08. The van der Waals surface area contributed by atoms with Gasteiger partial charge in [-0.2, -0.15) is 18.4 Å². The average molecular weight is 248 g/mol. The Morgan fingerprint density at radius 1 is 1.06 bits per heavy atom. The number of pyridine rings is 1. The van der Waals surface area contributed by atoms with Gasteiger partial charge in [-0.25, -0.2) is 4.98 Å². The van der Waals surface area contributed by atoms with Gasteiger partial charge >= 0.3 is 6.18 Å². The third kappa shape index (κ3) is 2.48. The molecule has 90 valence electrons. The first-order valence-corrected chi connectivity index (χ1v) is 5.04. The number of hydrogen-bond acceptors (Lipinski definition) is 2. The van der Waals surface area contributed by atoms with Gasteiger partial charge in [0, 0.05) is 11.8 Å². The topological polar surface area (TPSA) is 36.7 Å². The lowest BCUT2D eigenvalue weighted by atomic mass is 10.0. The summed E-state index contributed by atoms with van der Waals surface area (Å²) >= 11 is 0. The van der Waals surface area contributed by atoms with Crippen molar-refractivity contribution in [3.05, 3.63) is 53.9 Å². The normalized spacial score (nSPS) is 11.0. The Kier molecular flexibility index (Phi) is 3.02. The van der Waals surface area contributed by atoms with Crippen LogP contribution >= 0.6 is 0 Å². The average Bonchev–Trinajstić information content (AvgIpc) is 2.38. The van der Waals surface area contributed by atoms with E-state index in [1.54, 1.807) is 12.1 Å². The molecule has 0 aliphatic rings. The maximum atomic E-state index is 12.5. The summed E-state index contributed by atoms with van der Waals surface area (Å²) < 4.78 is 37.6. The van der Waals surface area contributed by atoms with Gasteiger partial charge in [-0.3, -0.25) is 0 Å². The molecule has 5 heteroatoms. The minimum atomic E-state index is -4.37. The predicted molar refractivity (Wildman–Crippen MR) is 59.4 cm³/mol. The molecule has 0 spiro atoms. The van der Waals surface area contributed by atoms with Crippen molar-refractivity contribution in [2.45, 2.75) is 6.18 Å². The third-order valence-corrected chi connectivity index (χ3v) is 2.40. The lowest BCUT2D eigenvalue weighted by Crippen LogP contribution is -2.04. The molecule has 2 aromatic rings. The quantitative estimate of drug-likeness (QED) is 0.772. The molecule has 1 aromatic heterocycles. The number of nitriles is 1. The van der Waals surface area contributed by atoms with Crippen LogP contribution in [0.15, 0.2) is 42.6 Å². The molecule has 18 heavy (non-hydrogen) atoms. The van der Waals surface area contributed by atoms with E-state index in [1.165, 1.54) is 18.3 Å².